The summed E-state index contributed by atoms with van der Waals surface area (Å²) in [6.07, 6.45) is 1.73. The van der Waals surface area contributed by atoms with Crippen LogP contribution in [0, 0.1) is 0 Å². The lowest BCUT2D eigenvalue weighted by Gasteiger charge is -2.06. The van der Waals surface area contributed by atoms with Gasteiger partial charge in [0.1, 0.15) is 5.69 Å². The molecule has 0 bridgehead atoms. The smallest absolute Gasteiger partial charge is 0.269 e. The van der Waals surface area contributed by atoms with Crippen molar-refractivity contribution in [2.45, 2.75) is 20.0 Å². The third-order valence-corrected chi connectivity index (χ3v) is 3.77. The monoisotopic (exact) mass is 322 g/mol. The molecule has 1 aromatic carbocycles. The molecule has 0 aliphatic rings. The van der Waals surface area contributed by atoms with Crippen LogP contribution in [0.1, 0.15) is 23.0 Å². The van der Waals surface area contributed by atoms with E-state index in [-0.39, 0.29) is 18.0 Å². The zero-order chi connectivity index (χ0) is 16.9. The van der Waals surface area contributed by atoms with Crippen LogP contribution in [0.25, 0.3) is 11.3 Å². The third kappa shape index (κ3) is 3.27. The van der Waals surface area contributed by atoms with Crippen molar-refractivity contribution in [3.8, 4) is 11.3 Å². The van der Waals surface area contributed by atoms with Crippen molar-refractivity contribution in [1.82, 2.24) is 20.1 Å². The number of hydrogen-bond donors (Lipinski definition) is 2. The van der Waals surface area contributed by atoms with E-state index in [0.29, 0.717) is 23.5 Å². The summed E-state index contributed by atoms with van der Waals surface area (Å²) in [5, 5.41) is 9.64. The van der Waals surface area contributed by atoms with Gasteiger partial charge >= 0.3 is 0 Å². The average molecular weight is 322 g/mol. The normalized spacial score (nSPS) is 10.5. The van der Waals surface area contributed by atoms with Gasteiger partial charge in [-0.05, 0) is 19.1 Å². The van der Waals surface area contributed by atoms with E-state index in [4.69, 9.17) is 0 Å². The maximum Gasteiger partial charge on any atom is 0.269 e. The Kier molecular flexibility index (Phi) is 4.56. The van der Waals surface area contributed by atoms with E-state index in [9.17, 15) is 9.59 Å². The number of pyridine rings is 1. The predicted molar refractivity (Wildman–Crippen MR) is 91.6 cm³/mol. The van der Waals surface area contributed by atoms with E-state index in [1.165, 1.54) is 0 Å². The number of hydrogen-bond acceptors (Lipinski definition) is 3. The van der Waals surface area contributed by atoms with E-state index in [1.54, 1.807) is 29.0 Å². The van der Waals surface area contributed by atoms with Gasteiger partial charge in [-0.2, -0.15) is 5.10 Å². The first-order valence-corrected chi connectivity index (χ1v) is 7.76. The minimum absolute atomic E-state index is 0.0881. The molecule has 0 atom stereocenters. The summed E-state index contributed by atoms with van der Waals surface area (Å²) in [5.74, 6) is -0.295. The minimum atomic E-state index is -0.295. The Morgan fingerprint density at radius 3 is 2.75 bits per heavy atom. The molecule has 3 rings (SSSR count). The summed E-state index contributed by atoms with van der Waals surface area (Å²) >= 11 is 0. The highest BCUT2D eigenvalue weighted by atomic mass is 16.2. The number of rotatable bonds is 5. The maximum atomic E-state index is 12.2. The Balaban J connectivity index is 1.70. The molecule has 0 saturated heterocycles. The molecule has 6 nitrogen and oxygen atoms in total. The summed E-state index contributed by atoms with van der Waals surface area (Å²) < 4.78 is 1.60. The van der Waals surface area contributed by atoms with Gasteiger partial charge in [0, 0.05) is 30.4 Å². The fraction of sp³-hybridized carbons (Fsp3) is 0.167. The van der Waals surface area contributed by atoms with Crippen molar-refractivity contribution >= 4 is 5.91 Å². The van der Waals surface area contributed by atoms with Gasteiger partial charge in [-0.15, -0.1) is 0 Å². The summed E-state index contributed by atoms with van der Waals surface area (Å²) in [6.45, 7) is 2.68. The zero-order valence-electron chi connectivity index (χ0n) is 13.3. The maximum absolute atomic E-state index is 12.2. The van der Waals surface area contributed by atoms with Crippen molar-refractivity contribution in [2.24, 2.45) is 0 Å². The number of carbonyl (C=O) groups excluding carboxylic acids is 1. The number of carbonyl (C=O) groups is 1. The van der Waals surface area contributed by atoms with Gasteiger partial charge in [-0.1, -0.05) is 36.4 Å². The molecule has 0 saturated carbocycles. The predicted octanol–water partition coefficient (Wildman–Crippen LogP) is 2.19. The highest BCUT2D eigenvalue weighted by molar-refractivity contribution is 5.93. The molecule has 122 valence electrons. The average Bonchev–Trinajstić information content (AvgIpc) is 3.11. The van der Waals surface area contributed by atoms with Crippen LogP contribution in [0.2, 0.25) is 0 Å². The quantitative estimate of drug-likeness (QED) is 0.755. The number of aromatic amines is 1. The molecule has 0 fully saturated rings. The van der Waals surface area contributed by atoms with Gasteiger partial charge in [0.05, 0.1) is 5.69 Å². The number of aryl methyl sites for hydroxylation is 1. The first-order valence-electron chi connectivity index (χ1n) is 7.76. The molecule has 2 aromatic heterocycles. The highest BCUT2D eigenvalue weighted by Gasteiger charge is 2.11. The van der Waals surface area contributed by atoms with Gasteiger partial charge < -0.3 is 9.88 Å². The Labute approximate surface area is 139 Å². The highest BCUT2D eigenvalue weighted by Crippen LogP contribution is 2.16. The Bertz CT molecular complexity index is 897. The van der Waals surface area contributed by atoms with Crippen LogP contribution in [0.15, 0.2) is 59.5 Å². The van der Waals surface area contributed by atoms with E-state index < -0.39 is 0 Å². The van der Waals surface area contributed by atoms with Crippen LogP contribution in [0.4, 0.5) is 0 Å². The molecular weight excluding hydrogens is 304 g/mol. The number of amides is 1. The Morgan fingerprint density at radius 2 is 2.00 bits per heavy atom. The van der Waals surface area contributed by atoms with E-state index in [0.717, 1.165) is 5.56 Å². The second kappa shape index (κ2) is 6.95. The van der Waals surface area contributed by atoms with Gasteiger partial charge in [0.2, 0.25) is 0 Å². The van der Waals surface area contributed by atoms with Crippen LogP contribution in [0.3, 0.4) is 0 Å². The number of H-pyrrole nitrogens is 1. The molecule has 6 heteroatoms. The second-order valence-electron chi connectivity index (χ2n) is 5.34. The second-order valence-corrected chi connectivity index (χ2v) is 5.34. The van der Waals surface area contributed by atoms with Crippen molar-refractivity contribution in [1.29, 1.82) is 0 Å². The number of aromatic nitrogens is 3. The zero-order valence-corrected chi connectivity index (χ0v) is 13.3. The third-order valence-electron chi connectivity index (χ3n) is 3.77. The molecule has 0 aliphatic heterocycles. The molecule has 3 aromatic rings. The molecule has 1 amide bonds. The van der Waals surface area contributed by atoms with Crippen LogP contribution < -0.4 is 10.9 Å². The first kappa shape index (κ1) is 15.7. The van der Waals surface area contributed by atoms with E-state index in [2.05, 4.69) is 15.5 Å². The molecule has 2 heterocycles. The van der Waals surface area contributed by atoms with Crippen molar-refractivity contribution in [3.63, 3.8) is 0 Å². The number of nitrogens with zero attached hydrogens (tertiary/aromatic N) is 2. The van der Waals surface area contributed by atoms with Crippen LogP contribution in [0.5, 0.6) is 0 Å². The molecule has 2 N–H and O–H groups in total. The molecule has 0 spiro atoms. The molecule has 0 radical (unpaired) electrons. The topological polar surface area (TPSA) is 79.8 Å². The minimum Gasteiger partial charge on any atom is -0.346 e. The molecule has 0 unspecified atom stereocenters. The Morgan fingerprint density at radius 1 is 1.21 bits per heavy atom. The van der Waals surface area contributed by atoms with Gasteiger partial charge in [0.25, 0.3) is 11.5 Å². The SMILES string of the molecule is CCn1cccc(CNC(=O)c2cc(-c3ccccc3)n[nH]2)c1=O. The van der Waals surface area contributed by atoms with Crippen molar-refractivity contribution in [2.75, 3.05) is 0 Å². The van der Waals surface area contributed by atoms with Crippen molar-refractivity contribution in [3.05, 3.63) is 76.3 Å². The lowest BCUT2D eigenvalue weighted by molar-refractivity contribution is 0.0945. The summed E-state index contributed by atoms with van der Waals surface area (Å²) in [6, 6.07) is 14.8. The fourth-order valence-corrected chi connectivity index (χ4v) is 2.44. The lowest BCUT2D eigenvalue weighted by Crippen LogP contribution is -2.29. The van der Waals surface area contributed by atoms with Crippen LogP contribution in [-0.4, -0.2) is 20.7 Å². The fourth-order valence-electron chi connectivity index (χ4n) is 2.44. The van der Waals surface area contributed by atoms with E-state index in [1.807, 2.05) is 37.3 Å². The van der Waals surface area contributed by atoms with Crippen LogP contribution in [-0.2, 0) is 13.1 Å². The first-order chi connectivity index (χ1) is 11.7. The van der Waals surface area contributed by atoms with Gasteiger partial charge in [0.15, 0.2) is 0 Å². The summed E-state index contributed by atoms with van der Waals surface area (Å²) in [7, 11) is 0. The van der Waals surface area contributed by atoms with Gasteiger partial charge in [-0.25, -0.2) is 0 Å². The van der Waals surface area contributed by atoms with Gasteiger partial charge in [-0.3, -0.25) is 14.7 Å². The Hall–Kier alpha value is -3.15. The standard InChI is InChI=1S/C18H18N4O2/c1-2-22-10-6-9-14(18(22)24)12-19-17(23)16-11-15(20-21-16)13-7-4-3-5-8-13/h3-11H,2,12H2,1H3,(H,19,23)(H,20,21). The summed E-state index contributed by atoms with van der Waals surface area (Å²) in [4.78, 5) is 24.4. The summed E-state index contributed by atoms with van der Waals surface area (Å²) in [5.41, 5.74) is 2.46. The van der Waals surface area contributed by atoms with Crippen LogP contribution >= 0.6 is 0 Å². The largest absolute Gasteiger partial charge is 0.346 e. The molecule has 0 aliphatic carbocycles. The number of nitrogens with one attached hydrogen (secondary N) is 2. The number of benzene rings is 1. The molecular formula is C18H18N4O2. The lowest BCUT2D eigenvalue weighted by atomic mass is 10.1. The molecule has 24 heavy (non-hydrogen) atoms. The van der Waals surface area contributed by atoms with E-state index >= 15 is 0 Å². The van der Waals surface area contributed by atoms with Crippen molar-refractivity contribution < 1.29 is 4.79 Å².